The maximum atomic E-state index is 10.8. The molecule has 2 aliphatic heterocycles. The summed E-state index contributed by atoms with van der Waals surface area (Å²) in [5, 5.41) is 13.2. The van der Waals surface area contributed by atoms with E-state index in [0.717, 1.165) is 47.5 Å². The second-order valence-corrected chi connectivity index (χ2v) is 7.29. The highest BCUT2D eigenvalue weighted by Gasteiger charge is 2.25. The normalized spacial score (nSPS) is 18.2. The number of carbonyl (C=O) groups is 1. The van der Waals surface area contributed by atoms with Crippen molar-refractivity contribution in [2.45, 2.75) is 43.2 Å². The summed E-state index contributed by atoms with van der Waals surface area (Å²) in [4.78, 5) is 23.0. The Morgan fingerprint density at radius 3 is 2.96 bits per heavy atom. The summed E-state index contributed by atoms with van der Waals surface area (Å²) in [6.07, 6.45) is 4.63. The highest BCUT2D eigenvalue weighted by Crippen LogP contribution is 2.42. The first kappa shape index (κ1) is 18.7. The summed E-state index contributed by atoms with van der Waals surface area (Å²) < 4.78 is 0. The van der Waals surface area contributed by atoms with E-state index in [0.29, 0.717) is 0 Å². The van der Waals surface area contributed by atoms with Crippen LogP contribution in [0.15, 0.2) is 40.5 Å². The molecule has 1 fully saturated rings. The van der Waals surface area contributed by atoms with Gasteiger partial charge in [0.1, 0.15) is 5.03 Å². The van der Waals surface area contributed by atoms with Gasteiger partial charge in [0.2, 0.25) is 0 Å². The summed E-state index contributed by atoms with van der Waals surface area (Å²) in [7, 11) is 0. The first-order valence-electron chi connectivity index (χ1n) is 9.00. The zero-order chi connectivity index (χ0) is 18.5. The van der Waals surface area contributed by atoms with E-state index < -0.39 is 5.97 Å². The van der Waals surface area contributed by atoms with Crippen molar-refractivity contribution in [3.63, 3.8) is 0 Å². The molecule has 2 N–H and O–H groups in total. The predicted octanol–water partition coefficient (Wildman–Crippen LogP) is 4.01. The lowest BCUT2D eigenvalue weighted by atomic mass is 10.1. The van der Waals surface area contributed by atoms with Crippen molar-refractivity contribution in [2.24, 2.45) is 5.92 Å². The van der Waals surface area contributed by atoms with Crippen molar-refractivity contribution in [2.75, 3.05) is 18.4 Å². The molecule has 7 heteroatoms. The van der Waals surface area contributed by atoms with Gasteiger partial charge >= 0.3 is 5.97 Å². The SMILES string of the molecule is CC.O=C(O)CC1CCN(Cc2ccc3c(c2)Nc2nccnc2S3)C1. The Morgan fingerprint density at radius 1 is 1.35 bits per heavy atom. The summed E-state index contributed by atoms with van der Waals surface area (Å²) in [5.41, 5.74) is 2.29. The van der Waals surface area contributed by atoms with E-state index in [2.05, 4.69) is 38.4 Å². The maximum absolute atomic E-state index is 10.8. The number of benzene rings is 1. The van der Waals surface area contributed by atoms with Crippen molar-refractivity contribution in [1.82, 2.24) is 14.9 Å². The van der Waals surface area contributed by atoms with Crippen LogP contribution >= 0.6 is 11.8 Å². The first-order valence-corrected chi connectivity index (χ1v) is 9.82. The molecule has 2 aromatic rings. The number of likely N-dealkylation sites (tertiary alicyclic amines) is 1. The van der Waals surface area contributed by atoms with Gasteiger partial charge in [-0.1, -0.05) is 31.7 Å². The number of anilines is 2. The van der Waals surface area contributed by atoms with Gasteiger partial charge in [-0.05, 0) is 36.6 Å². The molecule has 26 heavy (non-hydrogen) atoms. The molecule has 0 bridgehead atoms. The molecule has 6 nitrogen and oxygen atoms in total. The number of carboxylic acid groups (broad SMARTS) is 1. The second kappa shape index (κ2) is 8.51. The largest absolute Gasteiger partial charge is 0.481 e. The van der Waals surface area contributed by atoms with Gasteiger partial charge in [0.15, 0.2) is 5.82 Å². The molecule has 1 saturated heterocycles. The number of hydrogen-bond donors (Lipinski definition) is 2. The van der Waals surface area contributed by atoms with Gasteiger partial charge in [-0.15, -0.1) is 0 Å². The van der Waals surface area contributed by atoms with Crippen LogP contribution in [-0.4, -0.2) is 39.0 Å². The van der Waals surface area contributed by atoms with Crippen LogP contribution in [0.3, 0.4) is 0 Å². The topological polar surface area (TPSA) is 78.4 Å². The van der Waals surface area contributed by atoms with Crippen LogP contribution in [0.5, 0.6) is 0 Å². The molecule has 4 rings (SSSR count). The predicted molar refractivity (Wildman–Crippen MR) is 103 cm³/mol. The molecule has 0 radical (unpaired) electrons. The minimum Gasteiger partial charge on any atom is -0.481 e. The first-order chi connectivity index (χ1) is 12.7. The Hall–Kier alpha value is -2.12. The van der Waals surface area contributed by atoms with Crippen LogP contribution in [0, 0.1) is 5.92 Å². The molecular weight excluding hydrogens is 348 g/mol. The molecule has 0 saturated carbocycles. The quantitative estimate of drug-likeness (QED) is 0.716. The molecule has 1 aromatic heterocycles. The molecule has 1 unspecified atom stereocenters. The minimum absolute atomic E-state index is 0.272. The van der Waals surface area contributed by atoms with Crippen molar-refractivity contribution in [1.29, 1.82) is 0 Å². The Labute approximate surface area is 158 Å². The summed E-state index contributed by atoms with van der Waals surface area (Å²) in [5.74, 6) is 0.377. The standard InChI is InChI=1S/C17H18N4O2S.C2H6/c22-15(23)8-12-3-6-21(10-12)9-11-1-2-14-13(7-11)20-16-17(24-14)19-5-4-18-16;1-2/h1-2,4-5,7,12H,3,6,8-10H2,(H,18,20)(H,22,23);1-2H3. The van der Waals surface area contributed by atoms with Crippen molar-refractivity contribution < 1.29 is 9.90 Å². The fourth-order valence-electron chi connectivity index (χ4n) is 3.31. The van der Waals surface area contributed by atoms with Crippen molar-refractivity contribution >= 4 is 29.2 Å². The van der Waals surface area contributed by atoms with E-state index in [-0.39, 0.29) is 12.3 Å². The van der Waals surface area contributed by atoms with E-state index in [9.17, 15) is 4.79 Å². The molecule has 1 atom stereocenters. The number of fused-ring (bicyclic) bond motifs is 2. The monoisotopic (exact) mass is 372 g/mol. The molecule has 1 aromatic carbocycles. The number of rotatable bonds is 4. The average Bonchev–Trinajstić information content (AvgIpc) is 3.07. The van der Waals surface area contributed by atoms with Crippen molar-refractivity contribution in [3.05, 3.63) is 36.2 Å². The van der Waals surface area contributed by atoms with Crippen LogP contribution in [0.1, 0.15) is 32.3 Å². The van der Waals surface area contributed by atoms with Crippen LogP contribution in [-0.2, 0) is 11.3 Å². The number of hydrogen-bond acceptors (Lipinski definition) is 6. The Bertz CT molecular complexity index is 784. The summed E-state index contributed by atoms with van der Waals surface area (Å²) in [6.45, 7) is 6.68. The lowest BCUT2D eigenvalue weighted by Crippen LogP contribution is -2.21. The van der Waals surface area contributed by atoms with Gasteiger partial charge in [-0.2, -0.15) is 0 Å². The third-order valence-electron chi connectivity index (χ3n) is 4.41. The van der Waals surface area contributed by atoms with Crippen LogP contribution in [0.25, 0.3) is 0 Å². The number of aliphatic carboxylic acids is 1. The van der Waals surface area contributed by atoms with Gasteiger partial charge in [0, 0.05) is 36.8 Å². The average molecular weight is 372 g/mol. The molecule has 2 aliphatic rings. The number of nitrogens with zero attached hydrogens (tertiary/aromatic N) is 3. The molecule has 0 spiro atoms. The Balaban J connectivity index is 0.000000948. The van der Waals surface area contributed by atoms with Crippen molar-refractivity contribution in [3.8, 4) is 0 Å². The molecule has 0 amide bonds. The maximum Gasteiger partial charge on any atom is 0.303 e. The van der Waals surface area contributed by atoms with E-state index in [1.807, 2.05) is 13.8 Å². The van der Waals surface area contributed by atoms with E-state index >= 15 is 0 Å². The lowest BCUT2D eigenvalue weighted by molar-refractivity contribution is -0.138. The molecular formula is C19H24N4O2S. The van der Waals surface area contributed by atoms with Crippen LogP contribution in [0.4, 0.5) is 11.5 Å². The van der Waals surface area contributed by atoms with Gasteiger partial charge < -0.3 is 10.4 Å². The Kier molecular flexibility index (Phi) is 6.11. The molecule has 138 valence electrons. The minimum atomic E-state index is -0.698. The van der Waals surface area contributed by atoms with Gasteiger partial charge in [0.05, 0.1) is 5.69 Å². The highest BCUT2D eigenvalue weighted by molar-refractivity contribution is 7.99. The second-order valence-electron chi connectivity index (χ2n) is 6.26. The number of aromatic nitrogens is 2. The van der Waals surface area contributed by atoms with Gasteiger partial charge in [0.25, 0.3) is 0 Å². The fourth-order valence-corrected chi connectivity index (χ4v) is 4.19. The third kappa shape index (κ3) is 4.34. The zero-order valence-corrected chi connectivity index (χ0v) is 15.9. The zero-order valence-electron chi connectivity index (χ0n) is 15.1. The van der Waals surface area contributed by atoms with Gasteiger partial charge in [-0.3, -0.25) is 9.69 Å². The number of nitrogens with one attached hydrogen (secondary N) is 1. The lowest BCUT2D eigenvalue weighted by Gasteiger charge is -2.21. The smallest absolute Gasteiger partial charge is 0.303 e. The van der Waals surface area contributed by atoms with E-state index in [4.69, 9.17) is 5.11 Å². The van der Waals surface area contributed by atoms with Crippen LogP contribution in [0.2, 0.25) is 0 Å². The third-order valence-corrected chi connectivity index (χ3v) is 5.48. The molecule has 0 aliphatic carbocycles. The highest BCUT2D eigenvalue weighted by atomic mass is 32.2. The number of carboxylic acids is 1. The Morgan fingerprint density at radius 2 is 2.15 bits per heavy atom. The van der Waals surface area contributed by atoms with Gasteiger partial charge in [-0.25, -0.2) is 9.97 Å². The van der Waals surface area contributed by atoms with E-state index in [1.54, 1.807) is 24.2 Å². The summed E-state index contributed by atoms with van der Waals surface area (Å²) in [6, 6.07) is 6.41. The van der Waals surface area contributed by atoms with E-state index in [1.165, 1.54) is 5.56 Å². The fraction of sp³-hybridized carbons (Fsp3) is 0.421. The van der Waals surface area contributed by atoms with Crippen LogP contribution < -0.4 is 5.32 Å². The summed E-state index contributed by atoms with van der Waals surface area (Å²) >= 11 is 1.63. The molecule has 3 heterocycles.